The van der Waals surface area contributed by atoms with Gasteiger partial charge < -0.3 is 10.1 Å². The van der Waals surface area contributed by atoms with Crippen LogP contribution in [0.2, 0.25) is 0 Å². The zero-order valence-corrected chi connectivity index (χ0v) is 13.9. The number of hydrogen-bond acceptors (Lipinski definition) is 2. The van der Waals surface area contributed by atoms with E-state index in [0.29, 0.717) is 5.17 Å². The van der Waals surface area contributed by atoms with Crippen molar-refractivity contribution in [2.24, 2.45) is 0 Å². The van der Waals surface area contributed by atoms with Gasteiger partial charge in [-0.2, -0.15) is 0 Å². The lowest BCUT2D eigenvalue weighted by Gasteiger charge is -2.34. The van der Waals surface area contributed by atoms with E-state index < -0.39 is 5.60 Å². The zero-order chi connectivity index (χ0) is 16.4. The second kappa shape index (κ2) is 6.10. The Balaban J connectivity index is 1.97. The lowest BCUT2D eigenvalue weighted by molar-refractivity contribution is 0.108. The normalized spacial score (nSPS) is 18.7. The standard InChI is InChI=1S/C21H17NOS/c24-20-22-19(16-10-4-1-5-11-16)21(23-20,17-12-6-2-7-13-17)18-14-8-3-9-15-18/h1-15,19H,(H,22,24)/t19-/m1/s1. The number of nitrogens with one attached hydrogen (secondary N) is 1. The van der Waals surface area contributed by atoms with Gasteiger partial charge in [0.2, 0.25) is 0 Å². The van der Waals surface area contributed by atoms with E-state index in [1.165, 1.54) is 0 Å². The van der Waals surface area contributed by atoms with E-state index >= 15 is 0 Å². The number of thiocarbonyl (C=S) groups is 1. The maximum Gasteiger partial charge on any atom is 0.258 e. The van der Waals surface area contributed by atoms with E-state index in [1.807, 2.05) is 54.6 Å². The number of benzene rings is 3. The molecular weight excluding hydrogens is 314 g/mol. The lowest BCUT2D eigenvalue weighted by atomic mass is 9.78. The van der Waals surface area contributed by atoms with Crippen molar-refractivity contribution in [1.29, 1.82) is 0 Å². The summed E-state index contributed by atoms with van der Waals surface area (Å²) in [5, 5.41) is 3.79. The van der Waals surface area contributed by atoms with Crippen LogP contribution in [0, 0.1) is 0 Å². The first-order valence-electron chi connectivity index (χ1n) is 7.96. The van der Waals surface area contributed by atoms with Gasteiger partial charge in [0, 0.05) is 11.1 Å². The molecule has 3 aromatic rings. The van der Waals surface area contributed by atoms with Gasteiger partial charge in [-0.1, -0.05) is 91.0 Å². The SMILES string of the molecule is S=C1N[C@H](c2ccccc2)C(c2ccccc2)(c2ccccc2)O1. The molecular formula is C21H17NOS. The van der Waals surface area contributed by atoms with Gasteiger partial charge in [-0.15, -0.1) is 0 Å². The first-order chi connectivity index (χ1) is 11.8. The van der Waals surface area contributed by atoms with Crippen LogP contribution >= 0.6 is 12.2 Å². The van der Waals surface area contributed by atoms with E-state index in [-0.39, 0.29) is 6.04 Å². The van der Waals surface area contributed by atoms with Crippen LogP contribution in [0.1, 0.15) is 22.7 Å². The monoisotopic (exact) mass is 331 g/mol. The van der Waals surface area contributed by atoms with Crippen molar-refractivity contribution < 1.29 is 4.74 Å². The van der Waals surface area contributed by atoms with Crippen LogP contribution < -0.4 is 5.32 Å². The minimum absolute atomic E-state index is 0.0870. The van der Waals surface area contributed by atoms with Crippen molar-refractivity contribution in [3.8, 4) is 0 Å². The second-order valence-corrected chi connectivity index (χ2v) is 6.22. The topological polar surface area (TPSA) is 21.3 Å². The molecule has 1 fully saturated rings. The lowest BCUT2D eigenvalue weighted by Crippen LogP contribution is -2.35. The van der Waals surface area contributed by atoms with Gasteiger partial charge in [-0.05, 0) is 17.8 Å². The van der Waals surface area contributed by atoms with Crippen molar-refractivity contribution in [3.63, 3.8) is 0 Å². The smallest absolute Gasteiger partial charge is 0.258 e. The quantitative estimate of drug-likeness (QED) is 0.710. The molecule has 0 radical (unpaired) electrons. The molecule has 1 aliphatic heterocycles. The first kappa shape index (κ1) is 14.9. The summed E-state index contributed by atoms with van der Waals surface area (Å²) >= 11 is 5.41. The maximum atomic E-state index is 6.31. The van der Waals surface area contributed by atoms with Crippen molar-refractivity contribution >= 4 is 17.4 Å². The Morgan fingerprint density at radius 3 is 1.67 bits per heavy atom. The third kappa shape index (κ3) is 2.38. The third-order valence-corrected chi connectivity index (χ3v) is 4.66. The molecule has 24 heavy (non-hydrogen) atoms. The molecule has 1 saturated heterocycles. The van der Waals surface area contributed by atoms with Crippen LogP contribution in [-0.2, 0) is 10.3 Å². The molecule has 1 heterocycles. The van der Waals surface area contributed by atoms with E-state index in [2.05, 4.69) is 41.7 Å². The van der Waals surface area contributed by atoms with Gasteiger partial charge in [-0.25, -0.2) is 0 Å². The van der Waals surface area contributed by atoms with Crippen molar-refractivity contribution in [2.45, 2.75) is 11.6 Å². The van der Waals surface area contributed by atoms with Crippen LogP contribution in [0.3, 0.4) is 0 Å². The highest BCUT2D eigenvalue weighted by atomic mass is 32.1. The van der Waals surface area contributed by atoms with Crippen LogP contribution in [-0.4, -0.2) is 5.17 Å². The van der Waals surface area contributed by atoms with Gasteiger partial charge in [0.15, 0.2) is 5.60 Å². The summed E-state index contributed by atoms with van der Waals surface area (Å²) in [6.45, 7) is 0. The summed E-state index contributed by atoms with van der Waals surface area (Å²) in [5.41, 5.74) is 2.63. The van der Waals surface area contributed by atoms with Gasteiger partial charge in [0.05, 0.1) is 0 Å². The Bertz CT molecular complexity index is 794. The highest BCUT2D eigenvalue weighted by Gasteiger charge is 2.51. The predicted molar refractivity (Wildman–Crippen MR) is 99.7 cm³/mol. The molecule has 0 spiro atoms. The minimum atomic E-state index is -0.680. The molecule has 4 rings (SSSR count). The van der Waals surface area contributed by atoms with Gasteiger partial charge >= 0.3 is 0 Å². The molecule has 2 nitrogen and oxygen atoms in total. The fourth-order valence-electron chi connectivity index (χ4n) is 3.41. The van der Waals surface area contributed by atoms with Crippen LogP contribution in [0.15, 0.2) is 91.0 Å². The van der Waals surface area contributed by atoms with Crippen LogP contribution in [0.25, 0.3) is 0 Å². The molecule has 3 aromatic carbocycles. The molecule has 0 unspecified atom stereocenters. The van der Waals surface area contributed by atoms with E-state index in [0.717, 1.165) is 16.7 Å². The molecule has 1 N–H and O–H groups in total. The number of hydrogen-bond donors (Lipinski definition) is 1. The maximum absolute atomic E-state index is 6.31. The van der Waals surface area contributed by atoms with E-state index in [4.69, 9.17) is 17.0 Å². The predicted octanol–water partition coefficient (Wildman–Crippen LogP) is 4.58. The highest BCUT2D eigenvalue weighted by molar-refractivity contribution is 7.80. The second-order valence-electron chi connectivity index (χ2n) is 5.85. The first-order valence-corrected chi connectivity index (χ1v) is 8.37. The van der Waals surface area contributed by atoms with E-state index in [9.17, 15) is 0 Å². The third-order valence-electron chi connectivity index (χ3n) is 4.46. The van der Waals surface area contributed by atoms with Crippen LogP contribution in [0.4, 0.5) is 0 Å². The summed E-state index contributed by atoms with van der Waals surface area (Å²) in [6, 6.07) is 30.8. The largest absolute Gasteiger partial charge is 0.452 e. The number of ether oxygens (including phenoxy) is 1. The molecule has 3 heteroatoms. The Kier molecular flexibility index (Phi) is 3.79. The van der Waals surface area contributed by atoms with Gasteiger partial charge in [-0.3, -0.25) is 0 Å². The summed E-state index contributed by atoms with van der Waals surface area (Å²) in [7, 11) is 0. The molecule has 1 aliphatic rings. The average molecular weight is 331 g/mol. The summed E-state index contributed by atoms with van der Waals surface area (Å²) in [6.07, 6.45) is 0. The van der Waals surface area contributed by atoms with Gasteiger partial charge in [0.25, 0.3) is 5.17 Å². The molecule has 118 valence electrons. The fourth-order valence-corrected chi connectivity index (χ4v) is 3.66. The van der Waals surface area contributed by atoms with Gasteiger partial charge in [0.1, 0.15) is 6.04 Å². The Morgan fingerprint density at radius 2 is 1.17 bits per heavy atom. The van der Waals surface area contributed by atoms with Crippen molar-refractivity contribution in [3.05, 3.63) is 108 Å². The summed E-state index contributed by atoms with van der Waals surface area (Å²) in [4.78, 5) is 0. The molecule has 1 atom stereocenters. The van der Waals surface area contributed by atoms with Crippen molar-refractivity contribution in [1.82, 2.24) is 5.32 Å². The molecule has 0 aromatic heterocycles. The number of rotatable bonds is 3. The summed E-state index contributed by atoms with van der Waals surface area (Å²) in [5.74, 6) is 0. The summed E-state index contributed by atoms with van der Waals surface area (Å²) < 4.78 is 6.31. The van der Waals surface area contributed by atoms with Crippen LogP contribution in [0.5, 0.6) is 0 Å². The average Bonchev–Trinajstić information content (AvgIpc) is 3.02. The Hall–Kier alpha value is -2.65. The molecule has 0 saturated carbocycles. The molecule has 0 amide bonds. The molecule has 0 bridgehead atoms. The minimum Gasteiger partial charge on any atom is -0.452 e. The van der Waals surface area contributed by atoms with Crippen molar-refractivity contribution in [2.75, 3.05) is 0 Å². The Labute approximate surface area is 147 Å². The highest BCUT2D eigenvalue weighted by Crippen LogP contribution is 2.47. The zero-order valence-electron chi connectivity index (χ0n) is 13.1. The fraction of sp³-hybridized carbons (Fsp3) is 0.0952. The van der Waals surface area contributed by atoms with E-state index in [1.54, 1.807) is 0 Å². The Morgan fingerprint density at radius 1 is 0.708 bits per heavy atom. The molecule has 0 aliphatic carbocycles.